The monoisotopic (exact) mass is 484 g/mol. The Labute approximate surface area is 200 Å². The van der Waals surface area contributed by atoms with E-state index in [9.17, 15) is 4.79 Å². The van der Waals surface area contributed by atoms with Crippen molar-refractivity contribution in [2.45, 2.75) is 6.61 Å². The minimum Gasteiger partial charge on any atom is -0.493 e. The molecule has 4 rings (SSSR count). The zero-order chi connectivity index (χ0) is 22.5. The first-order valence-electron chi connectivity index (χ1n) is 9.62. The number of amidine groups is 1. The number of ether oxygens (including phenoxy) is 2. The zero-order valence-corrected chi connectivity index (χ0v) is 19.3. The second-order valence-electron chi connectivity index (χ2n) is 6.73. The predicted octanol–water partition coefficient (Wildman–Crippen LogP) is 6.47. The number of hydrogen-bond acceptors (Lipinski definition) is 5. The van der Waals surface area contributed by atoms with Crippen molar-refractivity contribution >= 4 is 57.8 Å². The smallest absolute Gasteiger partial charge is 0.264 e. The van der Waals surface area contributed by atoms with Crippen molar-refractivity contribution in [1.29, 1.82) is 0 Å². The van der Waals surface area contributed by atoms with Gasteiger partial charge < -0.3 is 14.8 Å². The van der Waals surface area contributed by atoms with E-state index in [1.807, 2.05) is 54.6 Å². The average molecular weight is 485 g/mol. The Balaban J connectivity index is 1.59. The summed E-state index contributed by atoms with van der Waals surface area (Å²) in [6, 6.07) is 20.1. The minimum absolute atomic E-state index is 0.243. The largest absolute Gasteiger partial charge is 0.493 e. The summed E-state index contributed by atoms with van der Waals surface area (Å²) >= 11 is 13.4. The second kappa shape index (κ2) is 10.1. The molecule has 0 radical (unpaired) electrons. The Kier molecular flexibility index (Phi) is 7.05. The normalized spacial score (nSPS) is 15.8. The Morgan fingerprint density at radius 3 is 2.56 bits per heavy atom. The summed E-state index contributed by atoms with van der Waals surface area (Å²) in [4.78, 5) is 17.5. The van der Waals surface area contributed by atoms with E-state index in [4.69, 9.17) is 32.7 Å². The highest BCUT2D eigenvalue weighted by molar-refractivity contribution is 8.18. The first-order chi connectivity index (χ1) is 15.5. The van der Waals surface area contributed by atoms with Crippen LogP contribution in [0.2, 0.25) is 10.0 Å². The third-order valence-electron chi connectivity index (χ3n) is 4.54. The SMILES string of the molecule is COc1cccc(C=C2SC(=Nc3ccccc3Cl)NC2=O)c1OCc1ccc(Cl)cc1. The number of nitrogens with zero attached hydrogens (tertiary/aromatic N) is 1. The van der Waals surface area contributed by atoms with Gasteiger partial charge in [0.15, 0.2) is 16.7 Å². The maximum atomic E-state index is 12.5. The second-order valence-corrected chi connectivity index (χ2v) is 8.60. The highest BCUT2D eigenvalue weighted by Gasteiger charge is 2.25. The molecule has 0 saturated carbocycles. The van der Waals surface area contributed by atoms with Crippen molar-refractivity contribution in [3.05, 3.63) is 92.8 Å². The van der Waals surface area contributed by atoms with Gasteiger partial charge in [-0.2, -0.15) is 0 Å². The Morgan fingerprint density at radius 1 is 1.03 bits per heavy atom. The third kappa shape index (κ3) is 5.27. The molecule has 0 unspecified atom stereocenters. The number of rotatable bonds is 6. The van der Waals surface area contributed by atoms with Crippen molar-refractivity contribution in [3.8, 4) is 11.5 Å². The molecular formula is C24H18Cl2N2O3S. The van der Waals surface area contributed by atoms with Crippen LogP contribution in [0.4, 0.5) is 5.69 Å². The molecule has 32 heavy (non-hydrogen) atoms. The minimum atomic E-state index is -0.243. The summed E-state index contributed by atoms with van der Waals surface area (Å²) in [5, 5.41) is 4.41. The first-order valence-corrected chi connectivity index (χ1v) is 11.2. The fraction of sp³-hybridized carbons (Fsp3) is 0.0833. The molecule has 5 nitrogen and oxygen atoms in total. The molecule has 0 aromatic heterocycles. The molecule has 0 atom stereocenters. The molecule has 1 heterocycles. The van der Waals surface area contributed by atoms with Gasteiger partial charge in [-0.05, 0) is 53.7 Å². The molecule has 1 aliphatic heterocycles. The van der Waals surface area contributed by atoms with Crippen molar-refractivity contribution in [1.82, 2.24) is 5.32 Å². The Morgan fingerprint density at radius 2 is 1.81 bits per heavy atom. The summed E-state index contributed by atoms with van der Waals surface area (Å²) in [7, 11) is 1.58. The van der Waals surface area contributed by atoms with Gasteiger partial charge in [-0.15, -0.1) is 0 Å². The molecule has 1 saturated heterocycles. The number of halogens is 2. The van der Waals surface area contributed by atoms with E-state index in [1.54, 1.807) is 25.3 Å². The van der Waals surface area contributed by atoms with E-state index in [0.29, 0.717) is 43.9 Å². The van der Waals surface area contributed by atoms with E-state index in [-0.39, 0.29) is 5.91 Å². The van der Waals surface area contributed by atoms with Gasteiger partial charge in [0.1, 0.15) is 6.61 Å². The number of para-hydroxylation sites is 2. The standard InChI is InChI=1S/C24H18Cl2N2O3S/c1-30-20-8-4-5-16(22(20)31-14-15-9-11-17(25)12-10-15)13-21-23(29)28-24(32-21)27-19-7-3-2-6-18(19)26/h2-13H,14H2,1H3,(H,27,28,29). The van der Waals surface area contributed by atoms with Gasteiger partial charge >= 0.3 is 0 Å². The highest BCUT2D eigenvalue weighted by Crippen LogP contribution is 2.36. The fourth-order valence-electron chi connectivity index (χ4n) is 2.97. The Bertz CT molecular complexity index is 1210. The van der Waals surface area contributed by atoms with Crippen molar-refractivity contribution in [2.75, 3.05) is 7.11 Å². The number of aliphatic imine (C=N–C) groups is 1. The lowest BCUT2D eigenvalue weighted by Gasteiger charge is -2.14. The van der Waals surface area contributed by atoms with Gasteiger partial charge in [-0.3, -0.25) is 4.79 Å². The van der Waals surface area contributed by atoms with Crippen LogP contribution in [-0.4, -0.2) is 18.2 Å². The number of thioether (sulfide) groups is 1. The molecule has 0 spiro atoms. The zero-order valence-electron chi connectivity index (χ0n) is 17.0. The topological polar surface area (TPSA) is 59.9 Å². The van der Waals surface area contributed by atoms with Crippen LogP contribution in [0.1, 0.15) is 11.1 Å². The van der Waals surface area contributed by atoms with Gasteiger partial charge in [0, 0.05) is 10.6 Å². The van der Waals surface area contributed by atoms with E-state index in [1.165, 1.54) is 11.8 Å². The third-order valence-corrected chi connectivity index (χ3v) is 6.02. The maximum Gasteiger partial charge on any atom is 0.264 e. The van der Waals surface area contributed by atoms with Crippen LogP contribution in [-0.2, 0) is 11.4 Å². The van der Waals surface area contributed by atoms with E-state index in [2.05, 4.69) is 10.3 Å². The highest BCUT2D eigenvalue weighted by atomic mass is 35.5. The number of nitrogens with one attached hydrogen (secondary N) is 1. The van der Waals surface area contributed by atoms with E-state index >= 15 is 0 Å². The molecule has 0 aliphatic carbocycles. The van der Waals surface area contributed by atoms with Crippen molar-refractivity contribution < 1.29 is 14.3 Å². The summed E-state index contributed by atoms with van der Waals surface area (Å²) in [5.41, 5.74) is 2.27. The molecule has 8 heteroatoms. The number of benzene rings is 3. The van der Waals surface area contributed by atoms with Crippen LogP contribution in [0, 0.1) is 0 Å². The summed E-state index contributed by atoms with van der Waals surface area (Å²) in [6.45, 7) is 0.326. The number of carbonyl (C=O) groups is 1. The average Bonchev–Trinajstić information content (AvgIpc) is 3.14. The molecule has 3 aromatic carbocycles. The number of amides is 1. The maximum absolute atomic E-state index is 12.5. The molecule has 1 amide bonds. The van der Waals surface area contributed by atoms with E-state index in [0.717, 1.165) is 11.1 Å². The molecule has 1 aliphatic rings. The van der Waals surface area contributed by atoms with Crippen LogP contribution in [0.5, 0.6) is 11.5 Å². The molecule has 1 fully saturated rings. The number of carbonyl (C=O) groups excluding carboxylic acids is 1. The Hall–Kier alpha value is -2.93. The van der Waals surface area contributed by atoms with Crippen molar-refractivity contribution in [3.63, 3.8) is 0 Å². The molecule has 162 valence electrons. The van der Waals surface area contributed by atoms with Crippen LogP contribution in [0.15, 0.2) is 76.6 Å². The van der Waals surface area contributed by atoms with Crippen LogP contribution in [0.25, 0.3) is 6.08 Å². The number of hydrogen-bond donors (Lipinski definition) is 1. The predicted molar refractivity (Wildman–Crippen MR) is 131 cm³/mol. The van der Waals surface area contributed by atoms with Gasteiger partial charge in [-0.1, -0.05) is 59.6 Å². The fourth-order valence-corrected chi connectivity index (χ4v) is 4.10. The van der Waals surface area contributed by atoms with E-state index < -0.39 is 0 Å². The quantitative estimate of drug-likeness (QED) is 0.407. The van der Waals surface area contributed by atoms with Gasteiger partial charge in [0.2, 0.25) is 0 Å². The van der Waals surface area contributed by atoms with Gasteiger partial charge in [0.05, 0.1) is 22.7 Å². The van der Waals surface area contributed by atoms with Gasteiger partial charge in [-0.25, -0.2) is 4.99 Å². The summed E-state index contributed by atoms with van der Waals surface area (Å²) < 4.78 is 11.5. The van der Waals surface area contributed by atoms with Crippen molar-refractivity contribution in [2.24, 2.45) is 4.99 Å². The molecular weight excluding hydrogens is 467 g/mol. The lowest BCUT2D eigenvalue weighted by molar-refractivity contribution is -0.115. The lowest BCUT2D eigenvalue weighted by atomic mass is 10.1. The summed E-state index contributed by atoms with van der Waals surface area (Å²) in [6.07, 6.45) is 1.76. The molecule has 1 N–H and O–H groups in total. The summed E-state index contributed by atoms with van der Waals surface area (Å²) in [5.74, 6) is 0.872. The number of methoxy groups -OCH3 is 1. The van der Waals surface area contributed by atoms with Crippen LogP contribution in [0.3, 0.4) is 0 Å². The molecule has 3 aromatic rings. The van der Waals surface area contributed by atoms with Gasteiger partial charge in [0.25, 0.3) is 5.91 Å². The van der Waals surface area contributed by atoms with Crippen LogP contribution >= 0.6 is 35.0 Å². The molecule has 0 bridgehead atoms. The lowest BCUT2D eigenvalue weighted by Crippen LogP contribution is -2.19. The van der Waals surface area contributed by atoms with Crippen LogP contribution < -0.4 is 14.8 Å². The first kappa shape index (κ1) is 22.3.